The van der Waals surface area contributed by atoms with Gasteiger partial charge in [0.1, 0.15) is 0 Å². The lowest BCUT2D eigenvalue weighted by atomic mass is 10.1. The van der Waals surface area contributed by atoms with Crippen LogP contribution in [0.1, 0.15) is 37.3 Å². The van der Waals surface area contributed by atoms with E-state index >= 15 is 0 Å². The first kappa shape index (κ1) is 20.1. The molecule has 2 aromatic carbocycles. The molecule has 6 nitrogen and oxygen atoms in total. The van der Waals surface area contributed by atoms with E-state index in [1.807, 2.05) is 49.4 Å². The lowest BCUT2D eigenvalue weighted by Gasteiger charge is -2.20. The second kappa shape index (κ2) is 8.30. The smallest absolute Gasteiger partial charge is 0.229 e. The molecule has 0 bridgehead atoms. The minimum atomic E-state index is -0.386. The number of carbonyl (C=O) groups excluding carboxylic acids is 3. The van der Waals surface area contributed by atoms with Gasteiger partial charge in [0.15, 0.2) is 0 Å². The van der Waals surface area contributed by atoms with Gasteiger partial charge in [0, 0.05) is 43.0 Å². The van der Waals surface area contributed by atoms with Gasteiger partial charge < -0.3 is 15.1 Å². The molecule has 3 amide bonds. The third kappa shape index (κ3) is 3.95. The molecule has 0 saturated carbocycles. The Hall–Kier alpha value is -3.15. The van der Waals surface area contributed by atoms with Gasteiger partial charge in [0.05, 0.1) is 5.92 Å². The minimum Gasteiger partial charge on any atom is -0.326 e. The molecule has 156 valence electrons. The van der Waals surface area contributed by atoms with Gasteiger partial charge in [-0.15, -0.1) is 0 Å². The molecule has 2 fully saturated rings. The summed E-state index contributed by atoms with van der Waals surface area (Å²) < 4.78 is 0. The van der Waals surface area contributed by atoms with Crippen LogP contribution in [-0.4, -0.2) is 30.8 Å². The van der Waals surface area contributed by atoms with E-state index in [0.29, 0.717) is 18.7 Å². The van der Waals surface area contributed by atoms with Gasteiger partial charge in [-0.05, 0) is 61.2 Å². The first-order valence-electron chi connectivity index (χ1n) is 10.6. The van der Waals surface area contributed by atoms with E-state index in [9.17, 15) is 14.4 Å². The van der Waals surface area contributed by atoms with E-state index in [1.54, 1.807) is 9.80 Å². The van der Waals surface area contributed by atoms with Crippen molar-refractivity contribution < 1.29 is 14.4 Å². The van der Waals surface area contributed by atoms with Crippen molar-refractivity contribution in [1.82, 2.24) is 0 Å². The van der Waals surface area contributed by atoms with Gasteiger partial charge in [-0.2, -0.15) is 0 Å². The number of anilines is 3. The molecule has 2 heterocycles. The summed E-state index contributed by atoms with van der Waals surface area (Å²) in [5.74, 6) is -0.422. The summed E-state index contributed by atoms with van der Waals surface area (Å²) in [6, 6.07) is 13.5. The van der Waals surface area contributed by atoms with Crippen LogP contribution in [-0.2, 0) is 20.8 Å². The lowest BCUT2D eigenvalue weighted by molar-refractivity contribution is -0.122. The minimum absolute atomic E-state index is 0.0292. The molecule has 0 unspecified atom stereocenters. The maximum absolute atomic E-state index is 12.8. The van der Waals surface area contributed by atoms with Crippen molar-refractivity contribution in [1.29, 1.82) is 0 Å². The molecule has 6 heteroatoms. The number of aryl methyl sites for hydroxylation is 2. The zero-order valence-corrected chi connectivity index (χ0v) is 17.5. The SMILES string of the molecule is CCc1ccc(N2C[C@H](C(=O)Nc3ccc(N4CCCC4=O)c(C)c3)CC2=O)cc1. The average molecular weight is 405 g/mol. The monoisotopic (exact) mass is 405 g/mol. The Kier molecular flexibility index (Phi) is 5.57. The molecular weight excluding hydrogens is 378 g/mol. The summed E-state index contributed by atoms with van der Waals surface area (Å²) in [6.07, 6.45) is 2.62. The van der Waals surface area contributed by atoms with Crippen LogP contribution in [0.2, 0.25) is 0 Å². The second-order valence-corrected chi connectivity index (χ2v) is 8.06. The zero-order valence-electron chi connectivity index (χ0n) is 17.5. The van der Waals surface area contributed by atoms with Crippen molar-refractivity contribution in [3.63, 3.8) is 0 Å². The number of benzene rings is 2. The Morgan fingerprint density at radius 1 is 1.07 bits per heavy atom. The summed E-state index contributed by atoms with van der Waals surface area (Å²) in [6.45, 7) is 5.16. The van der Waals surface area contributed by atoms with E-state index in [0.717, 1.165) is 36.3 Å². The molecule has 2 aliphatic rings. The number of nitrogens with one attached hydrogen (secondary N) is 1. The molecular formula is C24H27N3O3. The molecule has 2 aromatic rings. The van der Waals surface area contributed by atoms with Gasteiger partial charge in [0.2, 0.25) is 17.7 Å². The van der Waals surface area contributed by atoms with Gasteiger partial charge in [-0.1, -0.05) is 19.1 Å². The Balaban J connectivity index is 1.42. The number of amides is 3. The van der Waals surface area contributed by atoms with Crippen molar-refractivity contribution in [3.8, 4) is 0 Å². The van der Waals surface area contributed by atoms with Crippen LogP contribution in [0.15, 0.2) is 42.5 Å². The highest BCUT2D eigenvalue weighted by Crippen LogP contribution is 2.29. The highest BCUT2D eigenvalue weighted by molar-refractivity contribution is 6.03. The summed E-state index contributed by atoms with van der Waals surface area (Å²) in [4.78, 5) is 40.8. The van der Waals surface area contributed by atoms with Crippen molar-refractivity contribution in [2.24, 2.45) is 5.92 Å². The van der Waals surface area contributed by atoms with Crippen molar-refractivity contribution >= 4 is 34.8 Å². The van der Waals surface area contributed by atoms with Crippen molar-refractivity contribution in [2.75, 3.05) is 28.2 Å². The Morgan fingerprint density at radius 2 is 1.83 bits per heavy atom. The van der Waals surface area contributed by atoms with Crippen LogP contribution >= 0.6 is 0 Å². The van der Waals surface area contributed by atoms with Crippen molar-refractivity contribution in [2.45, 2.75) is 39.5 Å². The lowest BCUT2D eigenvalue weighted by Crippen LogP contribution is -2.28. The summed E-state index contributed by atoms with van der Waals surface area (Å²) in [5, 5.41) is 2.94. The molecule has 4 rings (SSSR count). The molecule has 2 saturated heterocycles. The number of nitrogens with zero attached hydrogens (tertiary/aromatic N) is 2. The van der Waals surface area contributed by atoms with E-state index < -0.39 is 0 Å². The van der Waals surface area contributed by atoms with E-state index in [1.165, 1.54) is 5.56 Å². The Morgan fingerprint density at radius 3 is 2.47 bits per heavy atom. The van der Waals surface area contributed by atoms with Crippen LogP contribution in [0.25, 0.3) is 0 Å². The normalized spacial score (nSPS) is 18.9. The third-order valence-corrected chi connectivity index (χ3v) is 5.98. The quantitative estimate of drug-likeness (QED) is 0.825. The molecule has 1 N–H and O–H groups in total. The summed E-state index contributed by atoms with van der Waals surface area (Å²) in [5.41, 5.74) is 4.58. The molecule has 0 aromatic heterocycles. The van der Waals surface area contributed by atoms with Gasteiger partial charge >= 0.3 is 0 Å². The van der Waals surface area contributed by atoms with Crippen LogP contribution in [0.4, 0.5) is 17.1 Å². The zero-order chi connectivity index (χ0) is 21.3. The van der Waals surface area contributed by atoms with Gasteiger partial charge in [0.25, 0.3) is 0 Å². The summed E-state index contributed by atoms with van der Waals surface area (Å²) >= 11 is 0. The fourth-order valence-electron chi connectivity index (χ4n) is 4.23. The highest BCUT2D eigenvalue weighted by atomic mass is 16.2. The molecule has 30 heavy (non-hydrogen) atoms. The summed E-state index contributed by atoms with van der Waals surface area (Å²) in [7, 11) is 0. The van der Waals surface area contributed by atoms with Crippen LogP contribution in [0, 0.1) is 12.8 Å². The standard InChI is InChI=1S/C24H27N3O3/c1-3-17-6-9-20(10-7-17)27-15-18(14-23(27)29)24(30)25-19-8-11-21(16(2)13-19)26-12-4-5-22(26)28/h6-11,13,18H,3-5,12,14-15H2,1-2H3,(H,25,30)/t18-/m1/s1. The fourth-order valence-corrected chi connectivity index (χ4v) is 4.23. The number of rotatable bonds is 5. The first-order chi connectivity index (χ1) is 14.5. The number of hydrogen-bond donors (Lipinski definition) is 1. The molecule has 0 aliphatic carbocycles. The fraction of sp³-hybridized carbons (Fsp3) is 0.375. The second-order valence-electron chi connectivity index (χ2n) is 8.06. The van der Waals surface area contributed by atoms with E-state index in [2.05, 4.69) is 12.2 Å². The predicted octanol–water partition coefficient (Wildman–Crippen LogP) is 3.68. The van der Waals surface area contributed by atoms with Crippen molar-refractivity contribution in [3.05, 3.63) is 53.6 Å². The molecule has 2 aliphatic heterocycles. The largest absolute Gasteiger partial charge is 0.326 e. The van der Waals surface area contributed by atoms with Crippen LogP contribution in [0.5, 0.6) is 0 Å². The number of hydrogen-bond acceptors (Lipinski definition) is 3. The maximum Gasteiger partial charge on any atom is 0.229 e. The average Bonchev–Trinajstić information content (AvgIpc) is 3.34. The highest BCUT2D eigenvalue weighted by Gasteiger charge is 2.35. The first-order valence-corrected chi connectivity index (χ1v) is 10.6. The number of carbonyl (C=O) groups is 3. The van der Waals surface area contributed by atoms with Gasteiger partial charge in [-0.3, -0.25) is 14.4 Å². The Labute approximate surface area is 176 Å². The molecule has 0 spiro atoms. The van der Waals surface area contributed by atoms with Crippen LogP contribution in [0.3, 0.4) is 0 Å². The maximum atomic E-state index is 12.8. The van der Waals surface area contributed by atoms with E-state index in [-0.39, 0.29) is 30.1 Å². The topological polar surface area (TPSA) is 69.7 Å². The molecule has 1 atom stereocenters. The Bertz CT molecular complexity index is 984. The predicted molar refractivity (Wildman–Crippen MR) is 118 cm³/mol. The van der Waals surface area contributed by atoms with Crippen LogP contribution < -0.4 is 15.1 Å². The third-order valence-electron chi connectivity index (χ3n) is 5.98. The van der Waals surface area contributed by atoms with E-state index in [4.69, 9.17) is 0 Å². The van der Waals surface area contributed by atoms with Gasteiger partial charge in [-0.25, -0.2) is 0 Å². The molecule has 0 radical (unpaired) electrons.